The summed E-state index contributed by atoms with van der Waals surface area (Å²) in [4.78, 5) is 15.4. The Balaban J connectivity index is 1.90. The van der Waals surface area contributed by atoms with E-state index in [0.29, 0.717) is 24.1 Å². The average molecular weight is 330 g/mol. The SMILES string of the molecule is O=C1NCCc2c(-c3ccc(C(F)(F)F)cc3)[nH]c3cccc1c23. The van der Waals surface area contributed by atoms with Crippen molar-refractivity contribution in [2.24, 2.45) is 0 Å². The third-order valence-corrected chi connectivity index (χ3v) is 4.33. The van der Waals surface area contributed by atoms with Crippen molar-refractivity contribution in [3.63, 3.8) is 0 Å². The molecule has 1 aromatic heterocycles. The number of aromatic nitrogens is 1. The highest BCUT2D eigenvalue weighted by Crippen LogP contribution is 2.36. The summed E-state index contributed by atoms with van der Waals surface area (Å²) in [7, 11) is 0. The normalized spacial score (nSPS) is 14.5. The number of hydrogen-bond donors (Lipinski definition) is 2. The standard InChI is InChI=1S/C18H13F3N2O/c19-18(20,21)11-6-4-10(5-7-11)16-12-8-9-22-17(24)13-2-1-3-14(23-16)15(12)13/h1-7,23H,8-9H2,(H,22,24). The molecule has 2 N–H and O–H groups in total. The molecule has 0 bridgehead atoms. The highest BCUT2D eigenvalue weighted by atomic mass is 19.4. The number of benzene rings is 2. The minimum atomic E-state index is -4.35. The molecule has 2 aromatic carbocycles. The quantitative estimate of drug-likeness (QED) is 0.692. The predicted octanol–water partition coefficient (Wildman–Crippen LogP) is 4.14. The molecule has 1 amide bonds. The first-order valence-corrected chi connectivity index (χ1v) is 7.54. The van der Waals surface area contributed by atoms with E-state index < -0.39 is 11.7 Å². The van der Waals surface area contributed by atoms with Gasteiger partial charge < -0.3 is 10.3 Å². The number of carbonyl (C=O) groups excluding carboxylic acids is 1. The lowest BCUT2D eigenvalue weighted by molar-refractivity contribution is -0.137. The van der Waals surface area contributed by atoms with Gasteiger partial charge in [-0.2, -0.15) is 13.2 Å². The van der Waals surface area contributed by atoms with Crippen molar-refractivity contribution >= 4 is 16.8 Å². The van der Waals surface area contributed by atoms with E-state index in [4.69, 9.17) is 0 Å². The van der Waals surface area contributed by atoms with Gasteiger partial charge in [0.05, 0.1) is 5.56 Å². The van der Waals surface area contributed by atoms with Gasteiger partial charge in [0.1, 0.15) is 0 Å². The van der Waals surface area contributed by atoms with Crippen molar-refractivity contribution in [1.82, 2.24) is 10.3 Å². The van der Waals surface area contributed by atoms with E-state index >= 15 is 0 Å². The second kappa shape index (κ2) is 5.12. The summed E-state index contributed by atoms with van der Waals surface area (Å²) >= 11 is 0. The Morgan fingerprint density at radius 3 is 2.46 bits per heavy atom. The molecule has 0 radical (unpaired) electrons. The van der Waals surface area contributed by atoms with Crippen LogP contribution in [0.3, 0.4) is 0 Å². The molecule has 3 aromatic rings. The molecule has 4 rings (SSSR count). The number of carbonyl (C=O) groups is 1. The Labute approximate surface area is 135 Å². The van der Waals surface area contributed by atoms with E-state index in [1.165, 1.54) is 12.1 Å². The fourth-order valence-electron chi connectivity index (χ4n) is 3.22. The van der Waals surface area contributed by atoms with Gasteiger partial charge in [-0.25, -0.2) is 0 Å². The first-order valence-electron chi connectivity index (χ1n) is 7.54. The van der Waals surface area contributed by atoms with Crippen LogP contribution in [0.1, 0.15) is 21.5 Å². The fourth-order valence-corrected chi connectivity index (χ4v) is 3.22. The first-order chi connectivity index (χ1) is 11.4. The lowest BCUT2D eigenvalue weighted by Crippen LogP contribution is -2.23. The van der Waals surface area contributed by atoms with Gasteiger partial charge in [0.25, 0.3) is 5.91 Å². The van der Waals surface area contributed by atoms with Crippen LogP contribution in [0.15, 0.2) is 42.5 Å². The summed E-state index contributed by atoms with van der Waals surface area (Å²) in [6.07, 6.45) is -3.73. The number of halogens is 3. The molecule has 0 saturated heterocycles. The Kier molecular flexibility index (Phi) is 3.16. The van der Waals surface area contributed by atoms with Crippen molar-refractivity contribution in [3.05, 3.63) is 59.2 Å². The Bertz CT molecular complexity index is 939. The van der Waals surface area contributed by atoms with Gasteiger partial charge in [-0.15, -0.1) is 0 Å². The largest absolute Gasteiger partial charge is 0.416 e. The van der Waals surface area contributed by atoms with Crippen LogP contribution >= 0.6 is 0 Å². The third-order valence-electron chi connectivity index (χ3n) is 4.33. The predicted molar refractivity (Wildman–Crippen MR) is 84.8 cm³/mol. The van der Waals surface area contributed by atoms with E-state index in [0.717, 1.165) is 34.3 Å². The molecule has 2 heterocycles. The van der Waals surface area contributed by atoms with Gasteiger partial charge >= 0.3 is 6.18 Å². The lowest BCUT2D eigenvalue weighted by Gasteiger charge is -2.08. The number of hydrogen-bond acceptors (Lipinski definition) is 1. The highest BCUT2D eigenvalue weighted by molar-refractivity contribution is 6.10. The summed E-state index contributed by atoms with van der Waals surface area (Å²) in [6, 6.07) is 10.5. The number of alkyl halides is 3. The van der Waals surface area contributed by atoms with Crippen LogP contribution in [0.5, 0.6) is 0 Å². The Morgan fingerprint density at radius 1 is 1.00 bits per heavy atom. The van der Waals surface area contributed by atoms with E-state index in [-0.39, 0.29) is 5.91 Å². The highest BCUT2D eigenvalue weighted by Gasteiger charge is 2.30. The van der Waals surface area contributed by atoms with Gasteiger partial charge in [0.15, 0.2) is 0 Å². The molecule has 1 aliphatic rings. The minimum absolute atomic E-state index is 0.127. The molecular formula is C18H13F3N2O. The molecular weight excluding hydrogens is 317 g/mol. The van der Waals surface area contributed by atoms with E-state index in [9.17, 15) is 18.0 Å². The van der Waals surface area contributed by atoms with E-state index in [1.807, 2.05) is 6.07 Å². The van der Waals surface area contributed by atoms with Gasteiger partial charge in [-0.3, -0.25) is 4.79 Å². The molecule has 0 spiro atoms. The van der Waals surface area contributed by atoms with Crippen LogP contribution in [0.2, 0.25) is 0 Å². The summed E-state index contributed by atoms with van der Waals surface area (Å²) in [5.41, 5.74) is 3.13. The zero-order valence-electron chi connectivity index (χ0n) is 12.5. The lowest BCUT2D eigenvalue weighted by atomic mass is 10.00. The van der Waals surface area contributed by atoms with Crippen LogP contribution in [0.4, 0.5) is 13.2 Å². The number of nitrogens with one attached hydrogen (secondary N) is 2. The van der Waals surface area contributed by atoms with E-state index in [1.54, 1.807) is 12.1 Å². The maximum atomic E-state index is 12.7. The molecule has 0 saturated carbocycles. The third kappa shape index (κ3) is 2.26. The monoisotopic (exact) mass is 330 g/mol. The molecule has 122 valence electrons. The van der Waals surface area contributed by atoms with Crippen LogP contribution < -0.4 is 5.32 Å². The molecule has 1 aliphatic heterocycles. The Hall–Kier alpha value is -2.76. The van der Waals surface area contributed by atoms with Gasteiger partial charge in [0.2, 0.25) is 0 Å². The zero-order valence-corrected chi connectivity index (χ0v) is 12.5. The van der Waals surface area contributed by atoms with Crippen LogP contribution in [-0.2, 0) is 12.6 Å². The minimum Gasteiger partial charge on any atom is -0.354 e. The summed E-state index contributed by atoms with van der Waals surface area (Å²) < 4.78 is 38.2. The van der Waals surface area contributed by atoms with Crippen molar-refractivity contribution < 1.29 is 18.0 Å². The van der Waals surface area contributed by atoms with Crippen molar-refractivity contribution in [1.29, 1.82) is 0 Å². The van der Waals surface area contributed by atoms with Gasteiger partial charge in [-0.1, -0.05) is 18.2 Å². The van der Waals surface area contributed by atoms with Crippen molar-refractivity contribution in [2.75, 3.05) is 6.54 Å². The van der Waals surface area contributed by atoms with Gasteiger partial charge in [-0.05, 0) is 41.8 Å². The summed E-state index contributed by atoms with van der Waals surface area (Å²) in [5, 5.41) is 3.69. The molecule has 0 unspecified atom stereocenters. The number of rotatable bonds is 1. The zero-order chi connectivity index (χ0) is 16.9. The van der Waals surface area contributed by atoms with Crippen LogP contribution in [0, 0.1) is 0 Å². The van der Waals surface area contributed by atoms with Crippen LogP contribution in [0.25, 0.3) is 22.2 Å². The molecule has 3 nitrogen and oxygen atoms in total. The molecule has 0 atom stereocenters. The summed E-state index contributed by atoms with van der Waals surface area (Å²) in [6.45, 7) is 0.494. The molecule has 6 heteroatoms. The topological polar surface area (TPSA) is 44.9 Å². The van der Waals surface area contributed by atoms with Crippen LogP contribution in [-0.4, -0.2) is 17.4 Å². The van der Waals surface area contributed by atoms with Crippen molar-refractivity contribution in [2.45, 2.75) is 12.6 Å². The molecule has 24 heavy (non-hydrogen) atoms. The number of amides is 1. The summed E-state index contributed by atoms with van der Waals surface area (Å²) in [5.74, 6) is -0.127. The Morgan fingerprint density at radius 2 is 1.75 bits per heavy atom. The maximum Gasteiger partial charge on any atom is 0.416 e. The smallest absolute Gasteiger partial charge is 0.354 e. The molecule has 0 aliphatic carbocycles. The van der Waals surface area contributed by atoms with Gasteiger partial charge in [0, 0.05) is 28.7 Å². The first kappa shape index (κ1) is 14.8. The van der Waals surface area contributed by atoms with E-state index in [2.05, 4.69) is 10.3 Å². The average Bonchev–Trinajstić information content (AvgIpc) is 2.83. The second-order valence-electron chi connectivity index (χ2n) is 5.79. The maximum absolute atomic E-state index is 12.7. The van der Waals surface area contributed by atoms with Crippen molar-refractivity contribution in [3.8, 4) is 11.3 Å². The fraction of sp³-hybridized carbons (Fsp3) is 0.167. The molecule has 0 fully saturated rings. The number of H-pyrrole nitrogens is 1. The number of aromatic amines is 1. The second-order valence-corrected chi connectivity index (χ2v) is 5.79.